The van der Waals surface area contributed by atoms with Crippen LogP contribution < -0.4 is 5.32 Å². The molecule has 0 spiro atoms. The van der Waals surface area contributed by atoms with Crippen LogP contribution in [0, 0.1) is 0 Å². The number of hydrogen-bond donors (Lipinski definition) is 1. The number of benzene rings is 1. The lowest BCUT2D eigenvalue weighted by Gasteiger charge is -2.18. The molecule has 1 aromatic rings. The monoisotopic (exact) mass is 203 g/mol. The Hall–Kier alpha value is -0.860. The van der Waals surface area contributed by atoms with Crippen LogP contribution in [0.5, 0.6) is 0 Å². The summed E-state index contributed by atoms with van der Waals surface area (Å²) in [5.41, 5.74) is 4.45. The van der Waals surface area contributed by atoms with Crippen LogP contribution in [-0.4, -0.2) is 13.3 Å². The Bertz CT molecular complexity index is 356. The van der Waals surface area contributed by atoms with Crippen LogP contribution in [0.3, 0.4) is 0 Å². The van der Waals surface area contributed by atoms with E-state index < -0.39 is 0 Å². The highest BCUT2D eigenvalue weighted by molar-refractivity contribution is 5.35. The maximum atomic E-state index is 5.62. The minimum Gasteiger partial charge on any atom is -0.357 e. The number of fused-ring (bicyclic) bond motifs is 1. The van der Waals surface area contributed by atoms with Crippen molar-refractivity contribution in [3.63, 3.8) is 0 Å². The lowest BCUT2D eigenvalue weighted by atomic mass is 9.89. The Morgan fingerprint density at radius 2 is 2.00 bits per heavy atom. The van der Waals surface area contributed by atoms with Gasteiger partial charge in [0, 0.05) is 6.54 Å². The van der Waals surface area contributed by atoms with Gasteiger partial charge in [-0.3, -0.25) is 5.32 Å². The molecular formula is C13H17NO. The molecule has 1 aliphatic carbocycles. The van der Waals surface area contributed by atoms with E-state index in [9.17, 15) is 0 Å². The summed E-state index contributed by atoms with van der Waals surface area (Å²) in [5, 5.41) is 3.23. The van der Waals surface area contributed by atoms with Crippen molar-refractivity contribution in [3.8, 4) is 0 Å². The van der Waals surface area contributed by atoms with Gasteiger partial charge in [0.1, 0.15) is 0 Å². The summed E-state index contributed by atoms with van der Waals surface area (Å²) in [6.07, 6.45) is 5.49. The molecule has 1 saturated heterocycles. The SMILES string of the molecule is c1cc2c(cc1C1CNCO1)CCCC2. The van der Waals surface area contributed by atoms with Crippen LogP contribution in [0.1, 0.15) is 35.6 Å². The Kier molecular flexibility index (Phi) is 2.47. The molecule has 2 heteroatoms. The molecule has 1 aliphatic heterocycles. The third kappa shape index (κ3) is 1.80. The molecule has 0 bridgehead atoms. The van der Waals surface area contributed by atoms with Gasteiger partial charge in [0.05, 0.1) is 12.8 Å². The van der Waals surface area contributed by atoms with E-state index in [4.69, 9.17) is 4.74 Å². The summed E-state index contributed by atoms with van der Waals surface area (Å²) >= 11 is 0. The first-order chi connectivity index (χ1) is 7.43. The van der Waals surface area contributed by atoms with E-state index in [-0.39, 0.29) is 6.10 Å². The average molecular weight is 203 g/mol. The van der Waals surface area contributed by atoms with Gasteiger partial charge >= 0.3 is 0 Å². The first-order valence-electron chi connectivity index (χ1n) is 5.87. The van der Waals surface area contributed by atoms with E-state index in [1.807, 2.05) is 0 Å². The second-order valence-electron chi connectivity index (χ2n) is 4.49. The van der Waals surface area contributed by atoms with E-state index in [2.05, 4.69) is 23.5 Å². The molecule has 0 aromatic heterocycles. The highest BCUT2D eigenvalue weighted by atomic mass is 16.5. The van der Waals surface area contributed by atoms with E-state index >= 15 is 0 Å². The lowest BCUT2D eigenvalue weighted by Crippen LogP contribution is -2.09. The summed E-state index contributed by atoms with van der Waals surface area (Å²) in [4.78, 5) is 0. The fourth-order valence-corrected chi connectivity index (χ4v) is 2.58. The Labute approximate surface area is 90.6 Å². The summed E-state index contributed by atoms with van der Waals surface area (Å²) < 4.78 is 5.62. The zero-order valence-electron chi connectivity index (χ0n) is 8.96. The molecule has 0 amide bonds. The Morgan fingerprint density at radius 1 is 1.13 bits per heavy atom. The molecule has 1 heterocycles. The largest absolute Gasteiger partial charge is 0.357 e. The first-order valence-corrected chi connectivity index (χ1v) is 5.87. The average Bonchev–Trinajstić information content (AvgIpc) is 2.82. The van der Waals surface area contributed by atoms with Crippen molar-refractivity contribution in [2.24, 2.45) is 0 Å². The number of rotatable bonds is 1. The number of aryl methyl sites for hydroxylation is 2. The summed E-state index contributed by atoms with van der Waals surface area (Å²) in [7, 11) is 0. The highest BCUT2D eigenvalue weighted by Crippen LogP contribution is 2.26. The van der Waals surface area contributed by atoms with Gasteiger partial charge in [-0.25, -0.2) is 0 Å². The van der Waals surface area contributed by atoms with E-state index in [0.29, 0.717) is 6.73 Å². The molecule has 1 aromatic carbocycles. The molecule has 0 saturated carbocycles. The molecule has 15 heavy (non-hydrogen) atoms. The Balaban J connectivity index is 1.89. The molecule has 2 aliphatic rings. The van der Waals surface area contributed by atoms with E-state index in [0.717, 1.165) is 6.54 Å². The molecule has 3 rings (SSSR count). The van der Waals surface area contributed by atoms with Crippen LogP contribution >= 0.6 is 0 Å². The quantitative estimate of drug-likeness (QED) is 0.755. The van der Waals surface area contributed by atoms with Crippen LogP contribution in [0.2, 0.25) is 0 Å². The van der Waals surface area contributed by atoms with Gasteiger partial charge < -0.3 is 4.74 Å². The summed E-state index contributed by atoms with van der Waals surface area (Å²) in [5.74, 6) is 0. The molecular weight excluding hydrogens is 186 g/mol. The van der Waals surface area contributed by atoms with E-state index in [1.165, 1.54) is 31.2 Å². The smallest absolute Gasteiger partial charge is 0.0975 e. The maximum absolute atomic E-state index is 5.62. The summed E-state index contributed by atoms with van der Waals surface area (Å²) in [6.45, 7) is 1.65. The maximum Gasteiger partial charge on any atom is 0.0975 e. The van der Waals surface area contributed by atoms with Crippen LogP contribution in [0.25, 0.3) is 0 Å². The van der Waals surface area contributed by atoms with Crippen LogP contribution in [0.4, 0.5) is 0 Å². The fraction of sp³-hybridized carbons (Fsp3) is 0.538. The molecule has 0 radical (unpaired) electrons. The fourth-order valence-electron chi connectivity index (χ4n) is 2.58. The van der Waals surface area contributed by atoms with Crippen molar-refractivity contribution in [2.75, 3.05) is 13.3 Å². The number of ether oxygens (including phenoxy) is 1. The minimum absolute atomic E-state index is 0.275. The third-order valence-corrected chi connectivity index (χ3v) is 3.46. The van der Waals surface area contributed by atoms with Crippen molar-refractivity contribution >= 4 is 0 Å². The van der Waals surface area contributed by atoms with Crippen LogP contribution in [0.15, 0.2) is 18.2 Å². The molecule has 1 fully saturated rings. The normalized spacial score (nSPS) is 25.2. The molecule has 1 unspecified atom stereocenters. The predicted molar refractivity (Wildman–Crippen MR) is 59.8 cm³/mol. The zero-order valence-corrected chi connectivity index (χ0v) is 8.96. The minimum atomic E-state index is 0.275. The van der Waals surface area contributed by atoms with Gasteiger partial charge in [0.25, 0.3) is 0 Å². The second-order valence-corrected chi connectivity index (χ2v) is 4.49. The molecule has 2 nitrogen and oxygen atoms in total. The lowest BCUT2D eigenvalue weighted by molar-refractivity contribution is 0.114. The number of nitrogens with one attached hydrogen (secondary N) is 1. The van der Waals surface area contributed by atoms with Gasteiger partial charge in [-0.15, -0.1) is 0 Å². The van der Waals surface area contributed by atoms with Gasteiger partial charge in [-0.1, -0.05) is 18.2 Å². The highest BCUT2D eigenvalue weighted by Gasteiger charge is 2.18. The topological polar surface area (TPSA) is 21.3 Å². The molecule has 80 valence electrons. The third-order valence-electron chi connectivity index (χ3n) is 3.46. The zero-order chi connectivity index (χ0) is 10.1. The van der Waals surface area contributed by atoms with Crippen molar-refractivity contribution in [3.05, 3.63) is 34.9 Å². The standard InChI is InChI=1S/C13H17NO/c1-2-4-11-7-12(6-5-10(11)3-1)13-8-14-9-15-13/h5-7,13-14H,1-4,8-9H2. The Morgan fingerprint density at radius 3 is 2.80 bits per heavy atom. The van der Waals surface area contributed by atoms with Gasteiger partial charge in [-0.05, 0) is 42.4 Å². The van der Waals surface area contributed by atoms with Gasteiger partial charge in [0.15, 0.2) is 0 Å². The first kappa shape index (κ1) is 9.37. The van der Waals surface area contributed by atoms with Crippen molar-refractivity contribution in [1.82, 2.24) is 5.32 Å². The van der Waals surface area contributed by atoms with Crippen LogP contribution in [-0.2, 0) is 17.6 Å². The van der Waals surface area contributed by atoms with Gasteiger partial charge in [-0.2, -0.15) is 0 Å². The second kappa shape index (κ2) is 3.95. The predicted octanol–water partition coefficient (Wildman–Crippen LogP) is 2.18. The van der Waals surface area contributed by atoms with Gasteiger partial charge in [0.2, 0.25) is 0 Å². The van der Waals surface area contributed by atoms with Crippen molar-refractivity contribution in [1.29, 1.82) is 0 Å². The summed E-state index contributed by atoms with van der Waals surface area (Å²) in [6, 6.07) is 6.89. The van der Waals surface area contributed by atoms with Crippen molar-refractivity contribution in [2.45, 2.75) is 31.8 Å². The number of hydrogen-bond acceptors (Lipinski definition) is 2. The molecule has 1 N–H and O–H groups in total. The van der Waals surface area contributed by atoms with E-state index in [1.54, 1.807) is 11.1 Å². The van der Waals surface area contributed by atoms with Crippen molar-refractivity contribution < 1.29 is 4.74 Å². The molecule has 1 atom stereocenters.